The lowest BCUT2D eigenvalue weighted by atomic mass is 10.1. The zero-order chi connectivity index (χ0) is 29.7. The molecule has 12 nitrogen and oxygen atoms in total. The minimum Gasteiger partial charge on any atom is -0.855 e. The van der Waals surface area contributed by atoms with E-state index >= 15 is 0 Å². The van der Waals surface area contributed by atoms with Gasteiger partial charge in [-0.3, -0.25) is 0 Å². The number of aliphatic hydroxyl groups excluding tert-OH is 1. The van der Waals surface area contributed by atoms with E-state index in [1.54, 1.807) is 20.8 Å². The average molecular weight is 623 g/mol. The molecule has 0 radical (unpaired) electrons. The van der Waals surface area contributed by atoms with Crippen molar-refractivity contribution in [3.63, 3.8) is 0 Å². The van der Waals surface area contributed by atoms with Crippen LogP contribution in [0.25, 0.3) is 0 Å². The molecule has 0 aliphatic rings. The lowest BCUT2D eigenvalue weighted by molar-refractivity contribution is -0.362. The zero-order valence-electron chi connectivity index (χ0n) is 29.5. The molecular formula is C30H78N4O8. The molecule has 0 aliphatic carbocycles. The fourth-order valence-electron chi connectivity index (χ4n) is 3.49. The van der Waals surface area contributed by atoms with Crippen LogP contribution in [0.1, 0.15) is 137 Å². The van der Waals surface area contributed by atoms with Crippen LogP contribution in [0, 0.1) is 0 Å². The van der Waals surface area contributed by atoms with E-state index in [9.17, 15) is 15.0 Å². The van der Waals surface area contributed by atoms with Gasteiger partial charge in [-0.1, -0.05) is 125 Å². The van der Waals surface area contributed by atoms with Crippen molar-refractivity contribution in [3.8, 4) is 0 Å². The third-order valence-electron chi connectivity index (χ3n) is 5.32. The number of aliphatic hydroxyl groups is 1. The largest absolute Gasteiger partial charge is 0.855 e. The van der Waals surface area contributed by atoms with Crippen LogP contribution in [0.15, 0.2) is 0 Å². The maximum absolute atomic E-state index is 10.5. The molecule has 0 aromatic rings. The van der Waals surface area contributed by atoms with Gasteiger partial charge in [0.1, 0.15) is 0 Å². The Morgan fingerprint density at radius 3 is 1.29 bits per heavy atom. The van der Waals surface area contributed by atoms with Crippen LogP contribution in [0.4, 0.5) is 0 Å². The van der Waals surface area contributed by atoms with Crippen molar-refractivity contribution in [1.29, 1.82) is 0 Å². The molecule has 0 fully saturated rings. The van der Waals surface area contributed by atoms with E-state index in [0.29, 0.717) is 6.61 Å². The van der Waals surface area contributed by atoms with E-state index in [-0.39, 0.29) is 57.1 Å². The minimum atomic E-state index is -1.21. The summed E-state index contributed by atoms with van der Waals surface area (Å²) in [6.07, 6.45) is 18.2. The van der Waals surface area contributed by atoms with Gasteiger partial charge in [-0.25, -0.2) is 0 Å². The molecule has 17 N–H and O–H groups in total. The highest BCUT2D eigenvalue weighted by Gasteiger charge is 2.13. The number of hydrogen-bond acceptors (Lipinski definition) is 8. The van der Waals surface area contributed by atoms with Crippen molar-refractivity contribution in [2.24, 2.45) is 0 Å². The molecule has 0 bridgehead atoms. The maximum Gasteiger partial charge on any atom is 0.0862 e. The summed E-state index contributed by atoms with van der Waals surface area (Å²) in [5.74, 6) is -1.21. The molecule has 0 spiro atoms. The highest BCUT2D eigenvalue weighted by atomic mass is 16.5. The second kappa shape index (κ2) is 59.5. The van der Waals surface area contributed by atoms with Crippen LogP contribution in [0.3, 0.4) is 0 Å². The van der Waals surface area contributed by atoms with Crippen molar-refractivity contribution < 1.29 is 39.8 Å². The number of carbonyl (C=O) groups excluding carboxylic acids is 1. The first-order valence-corrected chi connectivity index (χ1v) is 15.2. The summed E-state index contributed by atoms with van der Waals surface area (Å²) in [4.78, 5) is 10.5. The van der Waals surface area contributed by atoms with E-state index in [1.807, 2.05) is 0 Å². The van der Waals surface area contributed by atoms with Gasteiger partial charge in [0.15, 0.2) is 0 Å². The predicted octanol–water partition coefficient (Wildman–Crippen LogP) is 4.39. The van der Waals surface area contributed by atoms with Gasteiger partial charge >= 0.3 is 0 Å². The number of carbonyl (C=O) groups is 1. The Kier molecular flexibility index (Phi) is 85.4. The quantitative estimate of drug-likeness (QED) is 0.101. The number of ether oxygens (including phenoxy) is 2. The van der Waals surface area contributed by atoms with Crippen LogP contribution in [0.5, 0.6) is 0 Å². The Hall–Kier alpha value is -0.930. The summed E-state index contributed by atoms with van der Waals surface area (Å²) in [6, 6.07) is 0. The smallest absolute Gasteiger partial charge is 0.0862 e. The predicted molar refractivity (Wildman–Crippen MR) is 172 cm³/mol. The van der Waals surface area contributed by atoms with Gasteiger partial charge in [-0.2, -0.15) is 0 Å². The average Bonchev–Trinajstić information content (AvgIpc) is 2.87. The number of unbranched alkanes of at least 4 members (excludes halogenated alkanes) is 12. The SMILES string of the molecule is CCCCCCCCCC(O)COC(CCCCCCCCC)COCC(=O)[O-].CC[O-].CC[O-].CC[O-].[NH4+].[NH4+].[NH4+].[NH4+]. The van der Waals surface area contributed by atoms with E-state index in [0.717, 1.165) is 38.5 Å². The van der Waals surface area contributed by atoms with Gasteiger partial charge in [-0.15, -0.1) is 19.8 Å². The first-order valence-electron chi connectivity index (χ1n) is 15.2. The van der Waals surface area contributed by atoms with E-state index in [1.165, 1.54) is 64.2 Å². The summed E-state index contributed by atoms with van der Waals surface area (Å²) in [7, 11) is 0. The first kappa shape index (κ1) is 60.3. The highest BCUT2D eigenvalue weighted by molar-refractivity contribution is 5.65. The fraction of sp³-hybridized carbons (Fsp3) is 0.967. The van der Waals surface area contributed by atoms with E-state index < -0.39 is 18.7 Å². The van der Waals surface area contributed by atoms with Crippen LogP contribution in [-0.2, 0) is 14.3 Å². The van der Waals surface area contributed by atoms with Crippen molar-refractivity contribution in [1.82, 2.24) is 24.6 Å². The fourth-order valence-corrected chi connectivity index (χ4v) is 3.49. The third-order valence-corrected chi connectivity index (χ3v) is 5.32. The van der Waals surface area contributed by atoms with E-state index in [4.69, 9.17) is 24.8 Å². The first-order chi connectivity index (χ1) is 18.3. The Labute approximate surface area is 259 Å². The molecule has 0 saturated carbocycles. The van der Waals surface area contributed by atoms with Gasteiger partial charge in [-0.05, 0) is 12.8 Å². The molecule has 0 saturated heterocycles. The summed E-state index contributed by atoms with van der Waals surface area (Å²) in [6.45, 7) is 9.29. The zero-order valence-corrected chi connectivity index (χ0v) is 29.5. The molecule has 0 heterocycles. The monoisotopic (exact) mass is 623 g/mol. The number of hydrogen-bond donors (Lipinski definition) is 5. The Bertz CT molecular complexity index is 411. The molecule has 12 heteroatoms. The van der Waals surface area contributed by atoms with Crippen LogP contribution >= 0.6 is 0 Å². The second-order valence-corrected chi connectivity index (χ2v) is 9.18. The molecule has 0 aromatic heterocycles. The van der Waals surface area contributed by atoms with Crippen LogP contribution < -0.4 is 45.0 Å². The van der Waals surface area contributed by atoms with Gasteiger partial charge in [0.25, 0.3) is 0 Å². The Morgan fingerprint density at radius 2 is 0.929 bits per heavy atom. The van der Waals surface area contributed by atoms with Crippen molar-refractivity contribution in [2.75, 3.05) is 39.6 Å². The lowest BCUT2D eigenvalue weighted by Crippen LogP contribution is -2.31. The minimum absolute atomic E-state index is 0. The number of aliphatic carboxylic acids is 1. The summed E-state index contributed by atoms with van der Waals surface area (Å²) >= 11 is 0. The van der Waals surface area contributed by atoms with Gasteiger partial charge < -0.3 is 64.4 Å². The second-order valence-electron chi connectivity index (χ2n) is 9.18. The molecule has 0 aliphatic heterocycles. The molecule has 0 rings (SSSR count). The number of carboxylic acid groups (broad SMARTS) is 1. The van der Waals surface area contributed by atoms with Crippen molar-refractivity contribution >= 4 is 5.97 Å². The van der Waals surface area contributed by atoms with Gasteiger partial charge in [0, 0.05) is 0 Å². The molecule has 266 valence electrons. The number of quaternary nitrogens is 4. The molecule has 42 heavy (non-hydrogen) atoms. The van der Waals surface area contributed by atoms with Gasteiger partial charge in [0.05, 0.1) is 38.0 Å². The Balaban J connectivity index is -0.000000131. The summed E-state index contributed by atoms with van der Waals surface area (Å²) < 4.78 is 11.0. The Morgan fingerprint density at radius 1 is 0.595 bits per heavy atom. The molecular weight excluding hydrogens is 544 g/mol. The topological polar surface area (TPSA) is 294 Å². The van der Waals surface area contributed by atoms with E-state index in [2.05, 4.69) is 13.8 Å². The number of carboxylic acids is 1. The molecule has 0 aromatic carbocycles. The normalized spacial score (nSPS) is 10.6. The lowest BCUT2D eigenvalue weighted by Gasteiger charge is -2.20. The van der Waals surface area contributed by atoms with Crippen molar-refractivity contribution in [3.05, 3.63) is 0 Å². The van der Waals surface area contributed by atoms with Crippen LogP contribution in [0.2, 0.25) is 0 Å². The third kappa shape index (κ3) is 71.9. The maximum atomic E-state index is 10.5. The molecule has 2 atom stereocenters. The standard InChI is InChI=1S/C24H48O5.3C2H5O.4H3N/c1-3-5-7-9-11-13-15-17-22(25)19-29-23(20-28-21-24(26)27)18-16-14-12-10-8-6-4-2;3*1-2-3;;;;/h22-23,25H,3-21H2,1-2H3,(H,26,27);3*2H2,1H3;4*1H3/q;3*-1;;;;/p+3. The number of rotatable bonds is 23. The summed E-state index contributed by atoms with van der Waals surface area (Å²) in [5, 5.41) is 47.5. The molecule has 2 unspecified atom stereocenters. The summed E-state index contributed by atoms with van der Waals surface area (Å²) in [5.41, 5.74) is 0. The van der Waals surface area contributed by atoms with Crippen LogP contribution in [-0.4, -0.2) is 62.9 Å². The molecule has 0 amide bonds. The highest BCUT2D eigenvalue weighted by Crippen LogP contribution is 2.14. The van der Waals surface area contributed by atoms with Crippen molar-refractivity contribution in [2.45, 2.75) is 150 Å². The van der Waals surface area contributed by atoms with Gasteiger partial charge in [0.2, 0.25) is 0 Å².